The van der Waals surface area contributed by atoms with Gasteiger partial charge in [-0.15, -0.1) is 0 Å². The molecule has 2 aromatic rings. The first-order chi connectivity index (χ1) is 11.1. The van der Waals surface area contributed by atoms with Gasteiger partial charge in [0.25, 0.3) is 5.91 Å². The summed E-state index contributed by atoms with van der Waals surface area (Å²) >= 11 is 7.49. The van der Waals surface area contributed by atoms with Crippen LogP contribution in [-0.4, -0.2) is 29.1 Å². The van der Waals surface area contributed by atoms with E-state index in [1.807, 2.05) is 55.5 Å². The van der Waals surface area contributed by atoms with Crippen LogP contribution in [0.4, 0.5) is 0 Å². The molecule has 23 heavy (non-hydrogen) atoms. The SMILES string of the molecule is Cc1cccc(C(=O)N2CCN=C2SCc2ccc(Cl)cc2)c1. The van der Waals surface area contributed by atoms with Crippen molar-refractivity contribution in [2.45, 2.75) is 12.7 Å². The molecule has 1 aliphatic heterocycles. The van der Waals surface area contributed by atoms with Crippen LogP contribution in [0.5, 0.6) is 0 Å². The maximum absolute atomic E-state index is 12.7. The van der Waals surface area contributed by atoms with Crippen LogP contribution in [0.25, 0.3) is 0 Å². The molecule has 0 atom stereocenters. The van der Waals surface area contributed by atoms with Crippen LogP contribution >= 0.6 is 23.4 Å². The predicted molar refractivity (Wildman–Crippen MR) is 97.3 cm³/mol. The highest BCUT2D eigenvalue weighted by Gasteiger charge is 2.25. The number of aryl methyl sites for hydroxylation is 1. The molecule has 5 heteroatoms. The van der Waals surface area contributed by atoms with Gasteiger partial charge in [0.15, 0.2) is 5.17 Å². The zero-order chi connectivity index (χ0) is 16.2. The molecule has 0 aromatic heterocycles. The van der Waals surface area contributed by atoms with Gasteiger partial charge in [-0.3, -0.25) is 14.7 Å². The Balaban J connectivity index is 1.67. The van der Waals surface area contributed by atoms with Gasteiger partial charge in [0.05, 0.1) is 6.54 Å². The van der Waals surface area contributed by atoms with Crippen molar-refractivity contribution in [3.05, 3.63) is 70.2 Å². The third-order valence-corrected chi connectivity index (χ3v) is 4.93. The fourth-order valence-electron chi connectivity index (χ4n) is 2.40. The van der Waals surface area contributed by atoms with Crippen molar-refractivity contribution in [2.24, 2.45) is 4.99 Å². The summed E-state index contributed by atoms with van der Waals surface area (Å²) in [7, 11) is 0. The molecule has 0 spiro atoms. The topological polar surface area (TPSA) is 32.7 Å². The Kier molecular flexibility index (Phi) is 5.03. The van der Waals surface area contributed by atoms with E-state index in [0.29, 0.717) is 18.7 Å². The van der Waals surface area contributed by atoms with Gasteiger partial charge in [0.2, 0.25) is 0 Å². The van der Waals surface area contributed by atoms with Gasteiger partial charge in [-0.05, 0) is 36.8 Å². The largest absolute Gasteiger partial charge is 0.286 e. The molecule has 1 amide bonds. The van der Waals surface area contributed by atoms with Crippen molar-refractivity contribution in [2.75, 3.05) is 13.1 Å². The third kappa shape index (κ3) is 3.95. The summed E-state index contributed by atoms with van der Waals surface area (Å²) in [6.07, 6.45) is 0. The molecule has 2 aromatic carbocycles. The van der Waals surface area contributed by atoms with E-state index >= 15 is 0 Å². The van der Waals surface area contributed by atoms with Gasteiger partial charge in [0, 0.05) is 22.9 Å². The second kappa shape index (κ2) is 7.20. The molecule has 0 fully saturated rings. The number of rotatable bonds is 3. The second-order valence-electron chi connectivity index (χ2n) is 5.41. The molecular formula is C18H17ClN2OS. The van der Waals surface area contributed by atoms with Gasteiger partial charge in [-0.1, -0.05) is 53.2 Å². The van der Waals surface area contributed by atoms with Gasteiger partial charge in [-0.2, -0.15) is 0 Å². The van der Waals surface area contributed by atoms with Crippen LogP contribution < -0.4 is 0 Å². The number of amides is 1. The first-order valence-corrected chi connectivity index (χ1v) is 8.80. The van der Waals surface area contributed by atoms with Crippen LogP contribution in [0.15, 0.2) is 53.5 Å². The number of carbonyl (C=O) groups excluding carboxylic acids is 1. The van der Waals surface area contributed by atoms with E-state index < -0.39 is 0 Å². The molecule has 3 nitrogen and oxygen atoms in total. The standard InChI is InChI=1S/C18H17ClN2OS/c1-13-3-2-4-15(11-13)17(22)21-10-9-20-18(21)23-12-14-5-7-16(19)8-6-14/h2-8,11H,9-10,12H2,1H3. The summed E-state index contributed by atoms with van der Waals surface area (Å²) in [6, 6.07) is 15.4. The molecule has 0 radical (unpaired) electrons. The first-order valence-electron chi connectivity index (χ1n) is 7.44. The summed E-state index contributed by atoms with van der Waals surface area (Å²) < 4.78 is 0. The van der Waals surface area contributed by atoms with E-state index in [2.05, 4.69) is 4.99 Å². The van der Waals surface area contributed by atoms with Crippen LogP contribution in [0, 0.1) is 6.92 Å². The monoisotopic (exact) mass is 344 g/mol. The first kappa shape index (κ1) is 16.1. The normalized spacial score (nSPS) is 14.0. The van der Waals surface area contributed by atoms with Crippen LogP contribution in [0.3, 0.4) is 0 Å². The highest BCUT2D eigenvalue weighted by Crippen LogP contribution is 2.22. The van der Waals surface area contributed by atoms with Crippen LogP contribution in [-0.2, 0) is 5.75 Å². The number of nitrogens with zero attached hydrogens (tertiary/aromatic N) is 2. The summed E-state index contributed by atoms with van der Waals surface area (Å²) in [5.74, 6) is 0.793. The lowest BCUT2D eigenvalue weighted by Gasteiger charge is -2.18. The molecule has 0 N–H and O–H groups in total. The van der Waals surface area contributed by atoms with Crippen molar-refractivity contribution in [1.29, 1.82) is 0 Å². The molecule has 0 aliphatic carbocycles. The summed E-state index contributed by atoms with van der Waals surface area (Å²) in [4.78, 5) is 18.9. The van der Waals surface area contributed by atoms with Crippen molar-refractivity contribution in [3.8, 4) is 0 Å². The van der Waals surface area contributed by atoms with Gasteiger partial charge < -0.3 is 0 Å². The lowest BCUT2D eigenvalue weighted by atomic mass is 10.1. The van der Waals surface area contributed by atoms with E-state index in [4.69, 9.17) is 11.6 Å². The number of hydrogen-bond donors (Lipinski definition) is 0. The Morgan fingerprint density at radius 2 is 2.04 bits per heavy atom. The predicted octanol–water partition coefficient (Wildman–Crippen LogP) is 4.39. The Labute approximate surface area is 145 Å². The van der Waals surface area contributed by atoms with Crippen molar-refractivity contribution in [3.63, 3.8) is 0 Å². The lowest BCUT2D eigenvalue weighted by molar-refractivity contribution is 0.0860. The number of amidine groups is 1. The number of thioether (sulfide) groups is 1. The number of hydrogen-bond acceptors (Lipinski definition) is 3. The molecule has 0 saturated heterocycles. The minimum absolute atomic E-state index is 0.0218. The van der Waals surface area contributed by atoms with Gasteiger partial charge in [-0.25, -0.2) is 0 Å². The Morgan fingerprint density at radius 1 is 1.26 bits per heavy atom. The Bertz CT molecular complexity index is 743. The fraction of sp³-hybridized carbons (Fsp3) is 0.222. The highest BCUT2D eigenvalue weighted by molar-refractivity contribution is 8.13. The van der Waals surface area contributed by atoms with Crippen LogP contribution in [0.2, 0.25) is 5.02 Å². The van der Waals surface area contributed by atoms with Crippen molar-refractivity contribution < 1.29 is 4.79 Å². The van der Waals surface area contributed by atoms with E-state index in [1.54, 1.807) is 16.7 Å². The molecule has 0 bridgehead atoms. The second-order valence-corrected chi connectivity index (χ2v) is 6.78. The van der Waals surface area contributed by atoms with Crippen LogP contribution in [0.1, 0.15) is 21.5 Å². The minimum Gasteiger partial charge on any atom is -0.286 e. The Hall–Kier alpha value is -1.78. The number of benzene rings is 2. The number of halogens is 1. The van der Waals surface area contributed by atoms with Gasteiger partial charge >= 0.3 is 0 Å². The van der Waals surface area contributed by atoms with Crippen molar-refractivity contribution in [1.82, 2.24) is 4.90 Å². The average molecular weight is 345 g/mol. The third-order valence-electron chi connectivity index (χ3n) is 3.59. The molecule has 0 saturated carbocycles. The Morgan fingerprint density at radius 3 is 2.78 bits per heavy atom. The van der Waals surface area contributed by atoms with E-state index in [9.17, 15) is 4.79 Å². The number of aliphatic imine (C=N–C) groups is 1. The molecule has 0 unspecified atom stereocenters. The maximum Gasteiger partial charge on any atom is 0.259 e. The van der Waals surface area contributed by atoms with Gasteiger partial charge in [0.1, 0.15) is 0 Å². The minimum atomic E-state index is 0.0218. The van der Waals surface area contributed by atoms with E-state index in [-0.39, 0.29) is 5.91 Å². The molecule has 3 rings (SSSR count). The summed E-state index contributed by atoms with van der Waals surface area (Å²) in [5.41, 5.74) is 2.96. The highest BCUT2D eigenvalue weighted by atomic mass is 35.5. The molecule has 118 valence electrons. The fourth-order valence-corrected chi connectivity index (χ4v) is 3.53. The lowest BCUT2D eigenvalue weighted by Crippen LogP contribution is -2.32. The maximum atomic E-state index is 12.7. The average Bonchev–Trinajstić information content (AvgIpc) is 3.02. The zero-order valence-corrected chi connectivity index (χ0v) is 14.4. The summed E-state index contributed by atoms with van der Waals surface area (Å²) in [6.45, 7) is 3.31. The van der Waals surface area contributed by atoms with E-state index in [0.717, 1.165) is 27.1 Å². The van der Waals surface area contributed by atoms with Crippen molar-refractivity contribution >= 4 is 34.4 Å². The molecule has 1 heterocycles. The summed E-state index contributed by atoms with van der Waals surface area (Å²) in [5, 5.41) is 1.53. The quantitative estimate of drug-likeness (QED) is 0.827. The zero-order valence-electron chi connectivity index (χ0n) is 12.8. The van der Waals surface area contributed by atoms with E-state index in [1.165, 1.54) is 0 Å². The molecule has 1 aliphatic rings. The number of carbonyl (C=O) groups is 1. The smallest absolute Gasteiger partial charge is 0.259 e. The molecular weight excluding hydrogens is 328 g/mol.